The van der Waals surface area contributed by atoms with E-state index in [2.05, 4.69) is 14.9 Å². The normalized spacial score (nSPS) is 18.3. The highest BCUT2D eigenvalue weighted by Crippen LogP contribution is 2.19. The van der Waals surface area contributed by atoms with Crippen LogP contribution in [-0.4, -0.2) is 22.6 Å². The highest BCUT2D eigenvalue weighted by Gasteiger charge is 2.13. The molecule has 0 atom stereocenters. The Kier molecular flexibility index (Phi) is 3.65. The lowest BCUT2D eigenvalue weighted by atomic mass is 9.95. The molecule has 2 rings (SSSR count). The van der Waals surface area contributed by atoms with Crippen LogP contribution in [0.3, 0.4) is 0 Å². The first-order valence-electron chi connectivity index (χ1n) is 5.65. The van der Waals surface area contributed by atoms with Crippen LogP contribution in [0.4, 0.5) is 0 Å². The summed E-state index contributed by atoms with van der Waals surface area (Å²) in [7, 11) is 0. The van der Waals surface area contributed by atoms with E-state index in [1.165, 1.54) is 32.4 Å². The molecule has 0 aliphatic carbocycles. The van der Waals surface area contributed by atoms with Crippen molar-refractivity contribution in [3.8, 4) is 0 Å². The number of nitrogens with one attached hydrogen (secondary N) is 1. The standard InChI is InChI=1S/C11H18ClN3/c1-9-14-8-11(12)15(9)7-4-10-2-5-13-6-3-10/h8,10,13H,2-7H2,1H3. The van der Waals surface area contributed by atoms with Crippen LogP contribution >= 0.6 is 11.6 Å². The summed E-state index contributed by atoms with van der Waals surface area (Å²) in [4.78, 5) is 4.20. The third kappa shape index (κ3) is 2.73. The number of halogens is 1. The zero-order valence-corrected chi connectivity index (χ0v) is 9.93. The first kappa shape index (κ1) is 11.0. The Labute approximate surface area is 95.8 Å². The van der Waals surface area contributed by atoms with Crippen LogP contribution in [0.2, 0.25) is 5.15 Å². The second kappa shape index (κ2) is 4.99. The van der Waals surface area contributed by atoms with Crippen molar-refractivity contribution >= 4 is 11.6 Å². The first-order chi connectivity index (χ1) is 7.27. The van der Waals surface area contributed by atoms with Crippen molar-refractivity contribution in [1.29, 1.82) is 0 Å². The average molecular weight is 228 g/mol. The number of piperidine rings is 1. The molecule has 1 saturated heterocycles. The lowest BCUT2D eigenvalue weighted by Crippen LogP contribution is -2.28. The monoisotopic (exact) mass is 227 g/mol. The lowest BCUT2D eigenvalue weighted by Gasteiger charge is -2.22. The Morgan fingerprint density at radius 3 is 2.87 bits per heavy atom. The van der Waals surface area contributed by atoms with Crippen molar-refractivity contribution in [3.63, 3.8) is 0 Å². The van der Waals surface area contributed by atoms with Crippen LogP contribution in [0.15, 0.2) is 6.20 Å². The zero-order chi connectivity index (χ0) is 10.7. The van der Waals surface area contributed by atoms with Gasteiger partial charge >= 0.3 is 0 Å². The Balaban J connectivity index is 1.87. The van der Waals surface area contributed by atoms with Gasteiger partial charge in [0.25, 0.3) is 0 Å². The van der Waals surface area contributed by atoms with E-state index in [4.69, 9.17) is 11.6 Å². The summed E-state index contributed by atoms with van der Waals surface area (Å²) in [6.07, 6.45) is 5.55. The molecule has 0 bridgehead atoms. The van der Waals surface area contributed by atoms with Gasteiger partial charge in [-0.1, -0.05) is 11.6 Å². The van der Waals surface area contributed by atoms with Crippen LogP contribution in [0.25, 0.3) is 0 Å². The molecule has 15 heavy (non-hydrogen) atoms. The topological polar surface area (TPSA) is 29.9 Å². The molecule has 0 aromatic carbocycles. The van der Waals surface area contributed by atoms with E-state index < -0.39 is 0 Å². The molecular weight excluding hydrogens is 210 g/mol. The minimum Gasteiger partial charge on any atom is -0.319 e. The average Bonchev–Trinajstić information content (AvgIpc) is 2.58. The van der Waals surface area contributed by atoms with Crippen LogP contribution in [0.5, 0.6) is 0 Å². The van der Waals surface area contributed by atoms with Gasteiger partial charge in [0.2, 0.25) is 0 Å². The smallest absolute Gasteiger partial charge is 0.128 e. The summed E-state index contributed by atoms with van der Waals surface area (Å²) in [6, 6.07) is 0. The SMILES string of the molecule is Cc1ncc(Cl)n1CCC1CCNCC1. The Morgan fingerprint density at radius 1 is 1.53 bits per heavy atom. The molecule has 1 N–H and O–H groups in total. The maximum atomic E-state index is 6.05. The van der Waals surface area contributed by atoms with Gasteiger partial charge in [-0.2, -0.15) is 0 Å². The van der Waals surface area contributed by atoms with Gasteiger partial charge in [-0.25, -0.2) is 4.98 Å². The molecule has 4 heteroatoms. The van der Waals surface area contributed by atoms with Crippen molar-refractivity contribution in [2.45, 2.75) is 32.7 Å². The number of rotatable bonds is 3. The fourth-order valence-corrected chi connectivity index (χ4v) is 2.45. The van der Waals surface area contributed by atoms with Crippen LogP contribution in [-0.2, 0) is 6.54 Å². The highest BCUT2D eigenvalue weighted by atomic mass is 35.5. The summed E-state index contributed by atoms with van der Waals surface area (Å²) >= 11 is 6.05. The van der Waals surface area contributed by atoms with Gasteiger partial charge in [-0.3, -0.25) is 0 Å². The molecule has 1 aliphatic heterocycles. The van der Waals surface area contributed by atoms with E-state index in [9.17, 15) is 0 Å². The van der Waals surface area contributed by atoms with Crippen molar-refractivity contribution in [3.05, 3.63) is 17.2 Å². The fraction of sp³-hybridized carbons (Fsp3) is 0.727. The number of aromatic nitrogens is 2. The van der Waals surface area contributed by atoms with Gasteiger partial charge in [0, 0.05) is 6.54 Å². The molecule has 1 aromatic rings. The van der Waals surface area contributed by atoms with Gasteiger partial charge in [0.05, 0.1) is 6.20 Å². The van der Waals surface area contributed by atoms with Gasteiger partial charge in [-0.15, -0.1) is 0 Å². The molecule has 3 nitrogen and oxygen atoms in total. The van der Waals surface area contributed by atoms with Crippen LogP contribution in [0, 0.1) is 12.8 Å². The number of imidazole rings is 1. The maximum Gasteiger partial charge on any atom is 0.128 e. The Morgan fingerprint density at radius 2 is 2.27 bits per heavy atom. The first-order valence-corrected chi connectivity index (χ1v) is 6.03. The van der Waals surface area contributed by atoms with Gasteiger partial charge in [0.1, 0.15) is 11.0 Å². The molecule has 84 valence electrons. The maximum absolute atomic E-state index is 6.05. The van der Waals surface area contributed by atoms with Crippen LogP contribution < -0.4 is 5.32 Å². The summed E-state index contributed by atoms with van der Waals surface area (Å²) in [5.41, 5.74) is 0. The quantitative estimate of drug-likeness (QED) is 0.859. The third-order valence-corrected chi connectivity index (χ3v) is 3.53. The second-order valence-electron chi connectivity index (χ2n) is 4.26. The Bertz CT molecular complexity index is 296. The number of hydrogen-bond donors (Lipinski definition) is 1. The molecule has 0 spiro atoms. The van der Waals surface area contributed by atoms with Crippen LogP contribution in [0.1, 0.15) is 25.1 Å². The lowest BCUT2D eigenvalue weighted by molar-refractivity contribution is 0.337. The van der Waals surface area contributed by atoms with E-state index in [1.807, 2.05) is 6.92 Å². The molecule has 2 heterocycles. The summed E-state index contributed by atoms with van der Waals surface area (Å²) in [6.45, 7) is 5.35. The van der Waals surface area contributed by atoms with E-state index in [-0.39, 0.29) is 0 Å². The highest BCUT2D eigenvalue weighted by molar-refractivity contribution is 6.29. The molecule has 0 amide bonds. The van der Waals surface area contributed by atoms with Gasteiger partial charge in [0.15, 0.2) is 0 Å². The summed E-state index contributed by atoms with van der Waals surface area (Å²) in [5.74, 6) is 1.87. The van der Waals surface area contributed by atoms with Gasteiger partial charge < -0.3 is 9.88 Å². The largest absolute Gasteiger partial charge is 0.319 e. The second-order valence-corrected chi connectivity index (χ2v) is 4.65. The van der Waals surface area contributed by atoms with E-state index in [0.717, 1.165) is 23.4 Å². The number of aryl methyl sites for hydroxylation is 1. The molecule has 0 radical (unpaired) electrons. The predicted octanol–water partition coefficient (Wildman–Crippen LogP) is 2.23. The molecular formula is C11H18ClN3. The van der Waals surface area contributed by atoms with E-state index in [0.29, 0.717) is 0 Å². The van der Waals surface area contributed by atoms with Gasteiger partial charge in [-0.05, 0) is 45.2 Å². The molecule has 1 aromatic heterocycles. The molecule has 0 saturated carbocycles. The van der Waals surface area contributed by atoms with E-state index >= 15 is 0 Å². The van der Waals surface area contributed by atoms with Crippen molar-refractivity contribution < 1.29 is 0 Å². The molecule has 1 aliphatic rings. The molecule has 1 fully saturated rings. The summed E-state index contributed by atoms with van der Waals surface area (Å²) in [5, 5.41) is 4.15. The van der Waals surface area contributed by atoms with E-state index in [1.54, 1.807) is 6.20 Å². The third-order valence-electron chi connectivity index (χ3n) is 3.23. The fourth-order valence-electron chi connectivity index (χ4n) is 2.19. The summed E-state index contributed by atoms with van der Waals surface area (Å²) < 4.78 is 2.10. The predicted molar refractivity (Wildman–Crippen MR) is 62.2 cm³/mol. The van der Waals surface area contributed by atoms with Crippen molar-refractivity contribution in [1.82, 2.24) is 14.9 Å². The zero-order valence-electron chi connectivity index (χ0n) is 9.17. The van der Waals surface area contributed by atoms with Crippen molar-refractivity contribution in [2.24, 2.45) is 5.92 Å². The Hall–Kier alpha value is -0.540. The van der Waals surface area contributed by atoms with Crippen molar-refractivity contribution in [2.75, 3.05) is 13.1 Å². The number of nitrogens with zero attached hydrogens (tertiary/aromatic N) is 2. The number of hydrogen-bond acceptors (Lipinski definition) is 2. The minimum absolute atomic E-state index is 0.765. The minimum atomic E-state index is 0.765. The molecule has 0 unspecified atom stereocenters.